The Balaban J connectivity index is 1.71. The maximum absolute atomic E-state index is 4.03. The zero-order valence-electron chi connectivity index (χ0n) is 10.5. The minimum atomic E-state index is 0.407. The summed E-state index contributed by atoms with van der Waals surface area (Å²) < 4.78 is 3.39. The summed E-state index contributed by atoms with van der Waals surface area (Å²) in [6, 6.07) is 9.09. The number of aryl methyl sites for hydroxylation is 1. The van der Waals surface area contributed by atoms with Crippen LogP contribution >= 0.6 is 22.6 Å². The summed E-state index contributed by atoms with van der Waals surface area (Å²) in [6.07, 6.45) is 6.80. The first-order valence-corrected chi connectivity index (χ1v) is 7.28. The number of benzene rings is 1. The second kappa shape index (κ2) is 6.89. The quantitative estimate of drug-likeness (QED) is 0.637. The Bertz CT molecular complexity index is 450. The SMILES string of the molecule is CC(NCCCn1ccnc1)c1ccc(I)cc1. The van der Waals surface area contributed by atoms with Crippen LogP contribution in [0.1, 0.15) is 24.9 Å². The Kier molecular flexibility index (Phi) is 5.19. The fraction of sp³-hybridized carbons (Fsp3) is 0.357. The van der Waals surface area contributed by atoms with Crippen molar-refractivity contribution in [2.75, 3.05) is 6.54 Å². The Labute approximate surface area is 122 Å². The summed E-state index contributed by atoms with van der Waals surface area (Å²) >= 11 is 2.33. The number of aromatic nitrogens is 2. The van der Waals surface area contributed by atoms with Crippen LogP contribution in [0.4, 0.5) is 0 Å². The van der Waals surface area contributed by atoms with Crippen molar-refractivity contribution >= 4 is 22.6 Å². The van der Waals surface area contributed by atoms with Gasteiger partial charge in [-0.3, -0.25) is 0 Å². The summed E-state index contributed by atoms with van der Waals surface area (Å²) in [5, 5.41) is 3.54. The Morgan fingerprint density at radius 2 is 2.11 bits per heavy atom. The first-order chi connectivity index (χ1) is 8.75. The zero-order chi connectivity index (χ0) is 12.8. The van der Waals surface area contributed by atoms with Crippen molar-refractivity contribution in [1.29, 1.82) is 0 Å². The van der Waals surface area contributed by atoms with Gasteiger partial charge >= 0.3 is 0 Å². The molecular weight excluding hydrogens is 337 g/mol. The first-order valence-electron chi connectivity index (χ1n) is 6.20. The fourth-order valence-electron chi connectivity index (χ4n) is 1.87. The van der Waals surface area contributed by atoms with E-state index in [0.29, 0.717) is 6.04 Å². The topological polar surface area (TPSA) is 29.9 Å². The predicted molar refractivity (Wildman–Crippen MR) is 82.4 cm³/mol. The third-order valence-corrected chi connectivity index (χ3v) is 3.69. The van der Waals surface area contributed by atoms with Crippen molar-refractivity contribution in [3.8, 4) is 0 Å². The molecule has 2 rings (SSSR count). The van der Waals surface area contributed by atoms with Crippen molar-refractivity contribution in [1.82, 2.24) is 14.9 Å². The first kappa shape index (κ1) is 13.5. The largest absolute Gasteiger partial charge is 0.337 e. The van der Waals surface area contributed by atoms with Crippen LogP contribution in [-0.2, 0) is 6.54 Å². The highest BCUT2D eigenvalue weighted by Crippen LogP contribution is 2.14. The van der Waals surface area contributed by atoms with Gasteiger partial charge in [0.15, 0.2) is 0 Å². The summed E-state index contributed by atoms with van der Waals surface area (Å²) in [5.41, 5.74) is 1.35. The standard InChI is InChI=1S/C14H18IN3/c1-12(13-3-5-14(15)6-4-13)17-7-2-9-18-10-8-16-11-18/h3-6,8,10-12,17H,2,7,9H2,1H3. The van der Waals surface area contributed by atoms with Crippen LogP contribution in [-0.4, -0.2) is 16.1 Å². The predicted octanol–water partition coefficient (Wildman–Crippen LogP) is 3.23. The molecule has 0 bridgehead atoms. The lowest BCUT2D eigenvalue weighted by molar-refractivity contribution is 0.526. The van der Waals surface area contributed by atoms with Gasteiger partial charge in [-0.15, -0.1) is 0 Å². The van der Waals surface area contributed by atoms with Crippen LogP contribution in [0.15, 0.2) is 43.0 Å². The van der Waals surface area contributed by atoms with Crippen LogP contribution in [0.25, 0.3) is 0 Å². The molecule has 1 aromatic heterocycles. The second-order valence-corrected chi connectivity index (χ2v) is 5.63. The van der Waals surface area contributed by atoms with E-state index in [0.717, 1.165) is 19.5 Å². The van der Waals surface area contributed by atoms with E-state index in [1.807, 2.05) is 18.7 Å². The molecule has 1 unspecified atom stereocenters. The number of nitrogens with one attached hydrogen (secondary N) is 1. The molecule has 0 fully saturated rings. The summed E-state index contributed by atoms with van der Waals surface area (Å²) in [7, 11) is 0. The minimum Gasteiger partial charge on any atom is -0.337 e. The highest BCUT2D eigenvalue weighted by Gasteiger charge is 2.03. The number of halogens is 1. The lowest BCUT2D eigenvalue weighted by Gasteiger charge is -2.14. The van der Waals surface area contributed by atoms with Gasteiger partial charge in [-0.2, -0.15) is 0 Å². The molecule has 1 N–H and O–H groups in total. The molecule has 0 aliphatic carbocycles. The average Bonchev–Trinajstić information content (AvgIpc) is 2.88. The molecule has 96 valence electrons. The highest BCUT2D eigenvalue weighted by molar-refractivity contribution is 14.1. The van der Waals surface area contributed by atoms with E-state index < -0.39 is 0 Å². The molecule has 3 nitrogen and oxygen atoms in total. The molecule has 2 aromatic rings. The van der Waals surface area contributed by atoms with Gasteiger partial charge in [0.2, 0.25) is 0 Å². The second-order valence-electron chi connectivity index (χ2n) is 4.38. The molecule has 1 atom stereocenters. The van der Waals surface area contributed by atoms with Gasteiger partial charge in [0.05, 0.1) is 6.33 Å². The minimum absolute atomic E-state index is 0.407. The molecule has 1 aromatic carbocycles. The van der Waals surface area contributed by atoms with Gasteiger partial charge in [-0.05, 0) is 60.2 Å². The van der Waals surface area contributed by atoms with E-state index in [1.54, 1.807) is 0 Å². The maximum Gasteiger partial charge on any atom is 0.0945 e. The van der Waals surface area contributed by atoms with Crippen LogP contribution in [0, 0.1) is 3.57 Å². The molecule has 18 heavy (non-hydrogen) atoms. The van der Waals surface area contributed by atoms with Crippen LogP contribution in [0.3, 0.4) is 0 Å². The van der Waals surface area contributed by atoms with Gasteiger partial charge in [0, 0.05) is 28.6 Å². The van der Waals surface area contributed by atoms with Gasteiger partial charge in [-0.25, -0.2) is 4.98 Å². The van der Waals surface area contributed by atoms with E-state index in [-0.39, 0.29) is 0 Å². The van der Waals surface area contributed by atoms with E-state index in [2.05, 4.69) is 68.6 Å². The van der Waals surface area contributed by atoms with Crippen LogP contribution < -0.4 is 5.32 Å². The number of hydrogen-bond donors (Lipinski definition) is 1. The molecule has 0 aliphatic heterocycles. The van der Waals surface area contributed by atoms with Crippen LogP contribution in [0.5, 0.6) is 0 Å². The van der Waals surface area contributed by atoms with Gasteiger partial charge < -0.3 is 9.88 Å². The molecular formula is C14H18IN3. The van der Waals surface area contributed by atoms with E-state index in [9.17, 15) is 0 Å². The summed E-state index contributed by atoms with van der Waals surface area (Å²) in [5.74, 6) is 0. The van der Waals surface area contributed by atoms with Crippen molar-refractivity contribution in [2.45, 2.75) is 25.9 Å². The number of hydrogen-bond acceptors (Lipinski definition) is 2. The highest BCUT2D eigenvalue weighted by atomic mass is 127. The third-order valence-electron chi connectivity index (χ3n) is 2.97. The van der Waals surface area contributed by atoms with Gasteiger partial charge in [-0.1, -0.05) is 12.1 Å². The molecule has 0 saturated carbocycles. The number of rotatable bonds is 6. The lowest BCUT2D eigenvalue weighted by Crippen LogP contribution is -2.20. The molecule has 0 saturated heterocycles. The number of imidazole rings is 1. The molecule has 4 heteroatoms. The Morgan fingerprint density at radius 3 is 2.78 bits per heavy atom. The van der Waals surface area contributed by atoms with E-state index in [1.165, 1.54) is 9.13 Å². The summed E-state index contributed by atoms with van der Waals surface area (Å²) in [4.78, 5) is 4.03. The lowest BCUT2D eigenvalue weighted by atomic mass is 10.1. The van der Waals surface area contributed by atoms with Gasteiger partial charge in [0.1, 0.15) is 0 Å². The summed E-state index contributed by atoms with van der Waals surface area (Å²) in [6.45, 7) is 4.25. The third kappa shape index (κ3) is 4.10. The number of nitrogens with zero attached hydrogens (tertiary/aromatic N) is 2. The average molecular weight is 355 g/mol. The fourth-order valence-corrected chi connectivity index (χ4v) is 2.23. The van der Waals surface area contributed by atoms with Crippen molar-refractivity contribution in [3.63, 3.8) is 0 Å². The Morgan fingerprint density at radius 1 is 1.33 bits per heavy atom. The van der Waals surface area contributed by atoms with Gasteiger partial charge in [0.25, 0.3) is 0 Å². The monoisotopic (exact) mass is 355 g/mol. The smallest absolute Gasteiger partial charge is 0.0945 e. The molecule has 0 spiro atoms. The van der Waals surface area contributed by atoms with Crippen molar-refractivity contribution in [3.05, 3.63) is 52.1 Å². The van der Waals surface area contributed by atoms with Crippen LogP contribution in [0.2, 0.25) is 0 Å². The molecule has 1 heterocycles. The zero-order valence-corrected chi connectivity index (χ0v) is 12.7. The van der Waals surface area contributed by atoms with E-state index >= 15 is 0 Å². The molecule has 0 aliphatic rings. The van der Waals surface area contributed by atoms with Crippen molar-refractivity contribution < 1.29 is 0 Å². The van der Waals surface area contributed by atoms with Crippen molar-refractivity contribution in [2.24, 2.45) is 0 Å². The maximum atomic E-state index is 4.03. The van der Waals surface area contributed by atoms with E-state index in [4.69, 9.17) is 0 Å². The molecule has 0 amide bonds. The normalized spacial score (nSPS) is 12.6. The Hall–Kier alpha value is -0.880. The molecule has 0 radical (unpaired) electrons.